The highest BCUT2D eigenvalue weighted by Crippen LogP contribution is 2.15. The van der Waals surface area contributed by atoms with Gasteiger partial charge < -0.3 is 15.5 Å². The third-order valence-corrected chi connectivity index (χ3v) is 2.48. The predicted octanol–water partition coefficient (Wildman–Crippen LogP) is 0.118. The van der Waals surface area contributed by atoms with Gasteiger partial charge in [-0.05, 0) is 14.1 Å². The molecule has 13 heavy (non-hydrogen) atoms. The zero-order valence-corrected chi connectivity index (χ0v) is 9.01. The van der Waals surface area contributed by atoms with Crippen LogP contribution >= 0.6 is 11.5 Å². The first-order valence-corrected chi connectivity index (χ1v) is 4.82. The lowest BCUT2D eigenvalue weighted by molar-refractivity contribution is 0.416. The summed E-state index contributed by atoms with van der Waals surface area (Å²) in [5.41, 5.74) is 5.42. The van der Waals surface area contributed by atoms with Crippen LogP contribution in [-0.2, 0) is 0 Å². The van der Waals surface area contributed by atoms with Gasteiger partial charge in [-0.1, -0.05) is 0 Å². The monoisotopic (exact) mass is 201 g/mol. The van der Waals surface area contributed by atoms with Crippen molar-refractivity contribution in [2.45, 2.75) is 0 Å². The molecule has 1 heterocycles. The summed E-state index contributed by atoms with van der Waals surface area (Å²) in [5, 5.41) is 0.874. The Kier molecular flexibility index (Phi) is 3.44. The summed E-state index contributed by atoms with van der Waals surface area (Å²) < 4.78 is 3.92. The van der Waals surface area contributed by atoms with Gasteiger partial charge in [-0.15, -0.1) is 0 Å². The van der Waals surface area contributed by atoms with Crippen LogP contribution in [-0.4, -0.2) is 48.5 Å². The Morgan fingerprint density at radius 1 is 1.31 bits per heavy atom. The molecule has 0 bridgehead atoms. The van der Waals surface area contributed by atoms with Gasteiger partial charge in [0.15, 0.2) is 0 Å². The molecule has 0 atom stereocenters. The average molecular weight is 201 g/mol. The number of hydrogen-bond donors (Lipinski definition) is 1. The summed E-state index contributed by atoms with van der Waals surface area (Å²) >= 11 is 1.33. The first-order valence-electron chi connectivity index (χ1n) is 4.04. The van der Waals surface area contributed by atoms with Crippen molar-refractivity contribution in [3.8, 4) is 0 Å². The molecule has 5 nitrogen and oxygen atoms in total. The van der Waals surface area contributed by atoms with Crippen LogP contribution in [0.15, 0.2) is 0 Å². The number of aromatic nitrogens is 2. The molecule has 0 unspecified atom stereocenters. The van der Waals surface area contributed by atoms with Gasteiger partial charge in [0.05, 0.1) is 0 Å². The van der Waals surface area contributed by atoms with Crippen LogP contribution < -0.4 is 10.6 Å². The topological polar surface area (TPSA) is 58.3 Å². The van der Waals surface area contributed by atoms with Crippen LogP contribution in [0.4, 0.5) is 11.1 Å². The first kappa shape index (κ1) is 10.2. The number of nitrogens with zero attached hydrogens (tertiary/aromatic N) is 4. The van der Waals surface area contributed by atoms with Crippen molar-refractivity contribution >= 4 is 22.6 Å². The molecule has 0 fully saturated rings. The summed E-state index contributed by atoms with van der Waals surface area (Å²) in [6.45, 7) is 1.93. The van der Waals surface area contributed by atoms with Crippen LogP contribution in [0.3, 0.4) is 0 Å². The van der Waals surface area contributed by atoms with Gasteiger partial charge in [0.2, 0.25) is 11.1 Å². The Hall–Kier alpha value is -0.880. The van der Waals surface area contributed by atoms with E-state index in [-0.39, 0.29) is 0 Å². The lowest BCUT2D eigenvalue weighted by atomic mass is 10.5. The smallest absolute Gasteiger partial charge is 0.233 e. The van der Waals surface area contributed by atoms with Gasteiger partial charge in [-0.3, -0.25) is 0 Å². The first-order chi connectivity index (χ1) is 6.09. The highest BCUT2D eigenvalue weighted by atomic mass is 32.1. The van der Waals surface area contributed by atoms with Gasteiger partial charge in [0, 0.05) is 31.7 Å². The molecule has 0 aromatic carbocycles. The Morgan fingerprint density at radius 2 is 2.00 bits per heavy atom. The predicted molar refractivity (Wildman–Crippen MR) is 56.1 cm³/mol. The van der Waals surface area contributed by atoms with Crippen molar-refractivity contribution in [2.24, 2.45) is 0 Å². The lowest BCUT2D eigenvalue weighted by Gasteiger charge is -2.17. The summed E-state index contributed by atoms with van der Waals surface area (Å²) in [6, 6.07) is 0. The van der Waals surface area contributed by atoms with Crippen molar-refractivity contribution in [2.75, 3.05) is 44.9 Å². The maximum Gasteiger partial charge on any atom is 0.233 e. The van der Waals surface area contributed by atoms with Crippen molar-refractivity contribution in [3.63, 3.8) is 0 Å². The number of likely N-dealkylation sites (N-methyl/N-ethyl adjacent to an activating group) is 2. The molecule has 0 saturated heterocycles. The van der Waals surface area contributed by atoms with Gasteiger partial charge in [0.25, 0.3) is 0 Å². The van der Waals surface area contributed by atoms with Crippen LogP contribution in [0.1, 0.15) is 0 Å². The Balaban J connectivity index is 2.44. The van der Waals surface area contributed by atoms with Crippen LogP contribution in [0.25, 0.3) is 0 Å². The molecule has 0 aliphatic carbocycles. The molecule has 1 rings (SSSR count). The molecule has 0 saturated carbocycles. The highest BCUT2D eigenvalue weighted by Gasteiger charge is 2.06. The molecule has 0 aliphatic heterocycles. The third-order valence-electron chi connectivity index (χ3n) is 1.64. The Labute approximate surface area is 82.3 Å². The van der Waals surface area contributed by atoms with E-state index in [4.69, 9.17) is 5.73 Å². The van der Waals surface area contributed by atoms with E-state index in [1.54, 1.807) is 0 Å². The van der Waals surface area contributed by atoms with Crippen LogP contribution in [0.5, 0.6) is 0 Å². The molecule has 2 N–H and O–H groups in total. The minimum Gasteiger partial charge on any atom is -0.367 e. The minimum atomic E-state index is 0.358. The average Bonchev–Trinajstić information content (AvgIpc) is 2.47. The molecule has 0 aliphatic rings. The van der Waals surface area contributed by atoms with E-state index in [0.717, 1.165) is 18.2 Å². The maximum atomic E-state index is 5.42. The van der Waals surface area contributed by atoms with Crippen LogP contribution in [0.2, 0.25) is 0 Å². The van der Waals surface area contributed by atoms with Crippen LogP contribution in [0, 0.1) is 0 Å². The second-order valence-electron chi connectivity index (χ2n) is 3.16. The molecule has 74 valence electrons. The maximum absolute atomic E-state index is 5.42. The number of hydrogen-bond acceptors (Lipinski definition) is 6. The summed E-state index contributed by atoms with van der Waals surface area (Å²) in [5.74, 6) is 0.358. The molecule has 6 heteroatoms. The van der Waals surface area contributed by atoms with E-state index < -0.39 is 0 Å². The second-order valence-corrected chi connectivity index (χ2v) is 3.89. The zero-order valence-electron chi connectivity index (χ0n) is 8.19. The van der Waals surface area contributed by atoms with E-state index in [9.17, 15) is 0 Å². The van der Waals surface area contributed by atoms with Gasteiger partial charge in [-0.25, -0.2) is 0 Å². The SMILES string of the molecule is CN(C)CCN(C)c1nc(N)ns1. The van der Waals surface area contributed by atoms with Crippen molar-refractivity contribution in [3.05, 3.63) is 0 Å². The highest BCUT2D eigenvalue weighted by molar-refractivity contribution is 7.09. The third kappa shape index (κ3) is 3.16. The van der Waals surface area contributed by atoms with Gasteiger partial charge >= 0.3 is 0 Å². The molecule has 1 aromatic heterocycles. The normalized spacial score (nSPS) is 10.8. The molecule has 1 aromatic rings. The number of nitrogen functional groups attached to an aromatic ring is 1. The number of rotatable bonds is 4. The van der Waals surface area contributed by atoms with Crippen molar-refractivity contribution < 1.29 is 0 Å². The van der Waals surface area contributed by atoms with E-state index in [2.05, 4.69) is 14.3 Å². The minimum absolute atomic E-state index is 0.358. The molecule has 0 spiro atoms. The zero-order chi connectivity index (χ0) is 9.84. The van der Waals surface area contributed by atoms with Gasteiger partial charge in [0.1, 0.15) is 0 Å². The van der Waals surface area contributed by atoms with Crippen molar-refractivity contribution in [1.82, 2.24) is 14.3 Å². The summed E-state index contributed by atoms with van der Waals surface area (Å²) in [7, 11) is 6.08. The fourth-order valence-corrected chi connectivity index (χ4v) is 1.41. The standard InChI is InChI=1S/C7H15N5S/c1-11(2)4-5-12(3)7-9-6(8)10-13-7/h4-5H2,1-3H3,(H2,8,10). The largest absolute Gasteiger partial charge is 0.367 e. The molecular weight excluding hydrogens is 186 g/mol. The number of anilines is 2. The second kappa shape index (κ2) is 4.38. The molecule has 0 amide bonds. The van der Waals surface area contributed by atoms with E-state index in [0.29, 0.717) is 5.95 Å². The lowest BCUT2D eigenvalue weighted by Crippen LogP contribution is -2.28. The number of nitrogens with two attached hydrogens (primary N) is 1. The van der Waals surface area contributed by atoms with E-state index in [1.165, 1.54) is 11.5 Å². The summed E-state index contributed by atoms with van der Waals surface area (Å²) in [6.07, 6.45) is 0. The van der Waals surface area contributed by atoms with Crippen molar-refractivity contribution in [1.29, 1.82) is 0 Å². The molecular formula is C7H15N5S. The Bertz CT molecular complexity index is 259. The molecule has 0 radical (unpaired) electrons. The quantitative estimate of drug-likeness (QED) is 0.749. The Morgan fingerprint density at radius 3 is 2.46 bits per heavy atom. The van der Waals surface area contributed by atoms with E-state index >= 15 is 0 Å². The fraction of sp³-hybridized carbons (Fsp3) is 0.714. The summed E-state index contributed by atoms with van der Waals surface area (Å²) in [4.78, 5) is 8.26. The van der Waals surface area contributed by atoms with Gasteiger partial charge in [-0.2, -0.15) is 9.36 Å². The fourth-order valence-electron chi connectivity index (χ4n) is 0.827. The van der Waals surface area contributed by atoms with E-state index in [1.807, 2.05) is 26.0 Å².